The summed E-state index contributed by atoms with van der Waals surface area (Å²) in [6.07, 6.45) is 5.30. The molecular formula is C21H29NO4. The summed E-state index contributed by atoms with van der Waals surface area (Å²) in [6.45, 7) is 13.4. The molecule has 0 saturated heterocycles. The molecule has 1 aromatic rings. The number of ether oxygens (including phenoxy) is 2. The van der Waals surface area contributed by atoms with E-state index in [1.54, 1.807) is 0 Å². The molecule has 5 nitrogen and oxygen atoms in total. The van der Waals surface area contributed by atoms with E-state index in [-0.39, 0.29) is 18.1 Å². The fourth-order valence-corrected chi connectivity index (χ4v) is 2.47. The largest absolute Gasteiger partial charge is 0.523 e. The van der Waals surface area contributed by atoms with Crippen LogP contribution >= 0.6 is 0 Å². The molecule has 26 heavy (non-hydrogen) atoms. The lowest BCUT2D eigenvalue weighted by molar-refractivity contribution is -0.138. The predicted molar refractivity (Wildman–Crippen MR) is 102 cm³/mol. The van der Waals surface area contributed by atoms with Crippen molar-refractivity contribution in [3.63, 3.8) is 0 Å². The van der Waals surface area contributed by atoms with Crippen LogP contribution < -0.4 is 4.74 Å². The maximum Gasteiger partial charge on any atom is 0.339 e. The van der Waals surface area contributed by atoms with Gasteiger partial charge in [-0.25, -0.2) is 4.85 Å². The van der Waals surface area contributed by atoms with E-state index in [2.05, 4.69) is 18.7 Å². The standard InChI is InChI=1S/C21H29NO4/c1-5-7-8-17(6-2)15-26-19-11-9-18(10-12-19)13-14-25-21(24)20(22-4)16(3)23/h9-12,17,23H,5-8,13-15H2,1-3H3/b20-16+. The molecule has 5 heteroatoms. The van der Waals surface area contributed by atoms with Crippen molar-refractivity contribution in [2.24, 2.45) is 5.92 Å². The number of nitrogens with zero attached hydrogens (tertiary/aromatic N) is 1. The average Bonchev–Trinajstić information content (AvgIpc) is 2.63. The second kappa shape index (κ2) is 12.0. The number of unbranched alkanes of at least 4 members (excludes halogenated alkanes) is 1. The van der Waals surface area contributed by atoms with Gasteiger partial charge in [-0.2, -0.15) is 0 Å². The van der Waals surface area contributed by atoms with E-state index < -0.39 is 5.97 Å². The van der Waals surface area contributed by atoms with Crippen molar-refractivity contribution < 1.29 is 19.4 Å². The molecule has 0 fully saturated rings. The molecule has 1 aromatic carbocycles. The van der Waals surface area contributed by atoms with E-state index in [9.17, 15) is 9.90 Å². The quantitative estimate of drug-likeness (QED) is 0.259. The van der Waals surface area contributed by atoms with Crippen molar-refractivity contribution in [1.82, 2.24) is 0 Å². The number of hydrogen-bond acceptors (Lipinski definition) is 4. The van der Waals surface area contributed by atoms with Gasteiger partial charge in [0.2, 0.25) is 0 Å². The summed E-state index contributed by atoms with van der Waals surface area (Å²) in [5.74, 6) is 0.317. The molecule has 142 valence electrons. The first kappa shape index (κ1) is 21.6. The van der Waals surface area contributed by atoms with E-state index in [0.29, 0.717) is 12.3 Å². The summed E-state index contributed by atoms with van der Waals surface area (Å²) >= 11 is 0. The van der Waals surface area contributed by atoms with Crippen molar-refractivity contribution >= 4 is 5.97 Å². The van der Waals surface area contributed by atoms with Crippen LogP contribution in [0.2, 0.25) is 0 Å². The minimum Gasteiger partial charge on any atom is -0.523 e. The lowest BCUT2D eigenvalue weighted by Crippen LogP contribution is -2.11. The molecule has 0 aliphatic carbocycles. The Kier molecular flexibility index (Phi) is 9.93. The Hall–Kier alpha value is -2.48. The van der Waals surface area contributed by atoms with Gasteiger partial charge in [0, 0.05) is 6.42 Å². The SMILES string of the molecule is [C-]#[N+]/C(C(=O)OCCc1ccc(OCC(CC)CCCC)cc1)=C(\C)O. The number of allylic oxidation sites excluding steroid dienone is 1. The normalized spacial score (nSPS) is 12.7. The van der Waals surface area contributed by atoms with Gasteiger partial charge in [-0.3, -0.25) is 4.79 Å². The molecule has 1 atom stereocenters. The van der Waals surface area contributed by atoms with Gasteiger partial charge >= 0.3 is 11.7 Å². The van der Waals surface area contributed by atoms with Gasteiger partial charge in [-0.05, 0) is 37.0 Å². The van der Waals surface area contributed by atoms with Crippen LogP contribution in [0.15, 0.2) is 35.7 Å². The topological polar surface area (TPSA) is 60.1 Å². The van der Waals surface area contributed by atoms with Crippen molar-refractivity contribution in [3.8, 4) is 5.75 Å². The first-order valence-electron chi connectivity index (χ1n) is 9.17. The molecular weight excluding hydrogens is 330 g/mol. The number of aliphatic hydroxyl groups is 1. The maximum absolute atomic E-state index is 11.6. The van der Waals surface area contributed by atoms with Gasteiger partial charge < -0.3 is 14.6 Å². The van der Waals surface area contributed by atoms with Crippen molar-refractivity contribution in [1.29, 1.82) is 0 Å². The van der Waals surface area contributed by atoms with Crippen LogP contribution in [0.5, 0.6) is 5.75 Å². The second-order valence-corrected chi connectivity index (χ2v) is 6.30. The summed E-state index contributed by atoms with van der Waals surface area (Å²) < 4.78 is 10.9. The second-order valence-electron chi connectivity index (χ2n) is 6.30. The van der Waals surface area contributed by atoms with Crippen LogP contribution in [0.4, 0.5) is 0 Å². The molecule has 0 aromatic heterocycles. The molecule has 1 rings (SSSR count). The fourth-order valence-electron chi connectivity index (χ4n) is 2.47. The minimum absolute atomic E-state index is 0.153. The minimum atomic E-state index is -0.794. The van der Waals surface area contributed by atoms with Crippen LogP contribution in [-0.2, 0) is 16.0 Å². The Bertz CT molecular complexity index is 624. The summed E-state index contributed by atoms with van der Waals surface area (Å²) in [7, 11) is 0. The molecule has 0 heterocycles. The smallest absolute Gasteiger partial charge is 0.339 e. The highest BCUT2D eigenvalue weighted by atomic mass is 16.5. The number of carbonyl (C=O) groups excluding carboxylic acids is 1. The van der Waals surface area contributed by atoms with Crippen LogP contribution in [0.1, 0.15) is 52.0 Å². The Morgan fingerprint density at radius 1 is 1.27 bits per heavy atom. The van der Waals surface area contributed by atoms with Gasteiger partial charge in [-0.1, -0.05) is 45.2 Å². The van der Waals surface area contributed by atoms with Gasteiger partial charge in [0.1, 0.15) is 11.5 Å². The monoisotopic (exact) mass is 359 g/mol. The van der Waals surface area contributed by atoms with E-state index >= 15 is 0 Å². The van der Waals surface area contributed by atoms with Crippen molar-refractivity contribution in [2.75, 3.05) is 13.2 Å². The number of rotatable bonds is 11. The van der Waals surface area contributed by atoms with Crippen LogP contribution in [0.25, 0.3) is 4.85 Å². The van der Waals surface area contributed by atoms with E-state index in [1.165, 1.54) is 26.2 Å². The Morgan fingerprint density at radius 2 is 1.96 bits per heavy atom. The molecule has 0 spiro atoms. The zero-order valence-electron chi connectivity index (χ0n) is 16.0. The van der Waals surface area contributed by atoms with E-state index in [1.807, 2.05) is 24.3 Å². The van der Waals surface area contributed by atoms with Crippen molar-refractivity contribution in [3.05, 3.63) is 52.7 Å². The van der Waals surface area contributed by atoms with E-state index in [0.717, 1.165) is 24.3 Å². The Morgan fingerprint density at radius 3 is 2.50 bits per heavy atom. The Balaban J connectivity index is 2.42. The molecule has 0 amide bonds. The van der Waals surface area contributed by atoms with Gasteiger partial charge in [-0.15, -0.1) is 0 Å². The molecule has 0 aliphatic heterocycles. The van der Waals surface area contributed by atoms with Gasteiger partial charge in [0.25, 0.3) is 0 Å². The first-order chi connectivity index (χ1) is 12.5. The molecule has 0 saturated carbocycles. The van der Waals surface area contributed by atoms with Crippen LogP contribution in [0.3, 0.4) is 0 Å². The molecule has 1 N–H and O–H groups in total. The van der Waals surface area contributed by atoms with Gasteiger partial charge in [0.15, 0.2) is 0 Å². The molecule has 0 bridgehead atoms. The number of esters is 1. The zero-order chi connectivity index (χ0) is 19.4. The number of benzene rings is 1. The number of aliphatic hydroxyl groups excluding tert-OH is 1. The lowest BCUT2D eigenvalue weighted by Gasteiger charge is -2.15. The maximum atomic E-state index is 11.6. The third-order valence-corrected chi connectivity index (χ3v) is 4.22. The van der Waals surface area contributed by atoms with Gasteiger partial charge in [0.05, 0.1) is 19.8 Å². The summed E-state index contributed by atoms with van der Waals surface area (Å²) in [4.78, 5) is 14.6. The zero-order valence-corrected chi connectivity index (χ0v) is 16.0. The van der Waals surface area contributed by atoms with Crippen molar-refractivity contribution in [2.45, 2.75) is 52.9 Å². The lowest BCUT2D eigenvalue weighted by atomic mass is 10.0. The summed E-state index contributed by atoms with van der Waals surface area (Å²) in [5, 5.41) is 9.24. The highest BCUT2D eigenvalue weighted by Gasteiger charge is 2.14. The summed E-state index contributed by atoms with van der Waals surface area (Å²) in [5.41, 5.74) is 0.638. The number of hydrogen-bond donors (Lipinski definition) is 1. The van der Waals surface area contributed by atoms with Crippen LogP contribution in [-0.4, -0.2) is 24.3 Å². The molecule has 0 radical (unpaired) electrons. The Labute approximate surface area is 156 Å². The predicted octanol–water partition coefficient (Wildman–Crippen LogP) is 5.08. The third-order valence-electron chi connectivity index (χ3n) is 4.22. The number of carbonyl (C=O) groups is 1. The highest BCUT2D eigenvalue weighted by Crippen LogP contribution is 2.17. The van der Waals surface area contributed by atoms with E-state index in [4.69, 9.17) is 16.0 Å². The summed E-state index contributed by atoms with van der Waals surface area (Å²) in [6, 6.07) is 7.73. The fraction of sp³-hybridized carbons (Fsp3) is 0.524. The highest BCUT2D eigenvalue weighted by molar-refractivity contribution is 5.90. The first-order valence-corrected chi connectivity index (χ1v) is 9.17. The van der Waals surface area contributed by atoms with Crippen LogP contribution in [0, 0.1) is 12.5 Å². The third kappa shape index (κ3) is 7.60. The molecule has 1 unspecified atom stereocenters. The average molecular weight is 359 g/mol. The molecule has 0 aliphatic rings.